The van der Waals surface area contributed by atoms with Gasteiger partial charge in [0, 0.05) is 12.3 Å². The standard InChI is InChI=1S/C8H4BrFN3/c9-7-3-5-13(12-7)8-6(10)2-1-4-11-8/h1-4H. The van der Waals surface area contributed by atoms with E-state index in [2.05, 4.69) is 32.2 Å². The van der Waals surface area contributed by atoms with E-state index in [0.29, 0.717) is 4.60 Å². The largest absolute Gasteiger partial charge is 0.235 e. The zero-order valence-corrected chi connectivity index (χ0v) is 7.99. The second-order valence-electron chi connectivity index (χ2n) is 2.32. The highest BCUT2D eigenvalue weighted by atomic mass is 79.9. The van der Waals surface area contributed by atoms with Gasteiger partial charge in [0.25, 0.3) is 0 Å². The second-order valence-corrected chi connectivity index (χ2v) is 3.13. The Morgan fingerprint density at radius 2 is 2.38 bits per heavy atom. The third kappa shape index (κ3) is 1.60. The molecule has 0 bridgehead atoms. The molecule has 0 fully saturated rings. The van der Waals surface area contributed by atoms with Crippen molar-refractivity contribution in [1.29, 1.82) is 0 Å². The molecule has 3 nitrogen and oxygen atoms in total. The number of aromatic nitrogens is 3. The van der Waals surface area contributed by atoms with Crippen LogP contribution in [-0.2, 0) is 0 Å². The highest BCUT2D eigenvalue weighted by molar-refractivity contribution is 9.10. The Labute approximate surface area is 82.3 Å². The van der Waals surface area contributed by atoms with Gasteiger partial charge in [0.2, 0.25) is 0 Å². The summed E-state index contributed by atoms with van der Waals surface area (Å²) in [7, 11) is 0. The first-order valence-electron chi connectivity index (χ1n) is 3.51. The molecule has 65 valence electrons. The molecule has 0 N–H and O–H groups in total. The lowest BCUT2D eigenvalue weighted by Gasteiger charge is -1.98. The number of hydrogen-bond acceptors (Lipinski definition) is 2. The van der Waals surface area contributed by atoms with Crippen LogP contribution in [0.15, 0.2) is 29.0 Å². The van der Waals surface area contributed by atoms with Gasteiger partial charge in [0.05, 0.1) is 6.20 Å². The van der Waals surface area contributed by atoms with Gasteiger partial charge in [-0.15, -0.1) is 0 Å². The quantitative estimate of drug-likeness (QED) is 0.764. The van der Waals surface area contributed by atoms with Crippen LogP contribution in [0.2, 0.25) is 0 Å². The first-order chi connectivity index (χ1) is 6.27. The first-order valence-corrected chi connectivity index (χ1v) is 4.31. The Bertz CT molecular complexity index is 427. The monoisotopic (exact) mass is 240 g/mol. The van der Waals surface area contributed by atoms with Gasteiger partial charge in [-0.05, 0) is 28.1 Å². The Balaban J connectivity index is 2.52. The molecule has 2 heterocycles. The molecule has 0 aliphatic carbocycles. The molecule has 0 saturated carbocycles. The molecule has 5 heteroatoms. The van der Waals surface area contributed by atoms with E-state index in [1.165, 1.54) is 23.0 Å². The van der Waals surface area contributed by atoms with Gasteiger partial charge in [0.1, 0.15) is 4.60 Å². The van der Waals surface area contributed by atoms with Crippen LogP contribution in [-0.4, -0.2) is 14.8 Å². The maximum Gasteiger partial charge on any atom is 0.190 e. The number of pyridine rings is 1. The van der Waals surface area contributed by atoms with Gasteiger partial charge < -0.3 is 0 Å². The topological polar surface area (TPSA) is 30.7 Å². The minimum absolute atomic E-state index is 0.146. The zero-order valence-electron chi connectivity index (χ0n) is 6.41. The Kier molecular flexibility index (Phi) is 2.10. The van der Waals surface area contributed by atoms with Gasteiger partial charge in [0.15, 0.2) is 11.6 Å². The van der Waals surface area contributed by atoms with Gasteiger partial charge in [-0.3, -0.25) is 0 Å². The lowest BCUT2D eigenvalue weighted by atomic mass is 10.4. The van der Waals surface area contributed by atoms with E-state index in [1.54, 1.807) is 6.07 Å². The van der Waals surface area contributed by atoms with Crippen LogP contribution in [0.1, 0.15) is 0 Å². The van der Waals surface area contributed by atoms with Crippen LogP contribution in [0.4, 0.5) is 4.39 Å². The second kappa shape index (κ2) is 3.26. The summed E-state index contributed by atoms with van der Waals surface area (Å²) in [4.78, 5) is 3.84. The van der Waals surface area contributed by atoms with Crippen molar-refractivity contribution in [3.05, 3.63) is 41.0 Å². The van der Waals surface area contributed by atoms with Gasteiger partial charge in [-0.1, -0.05) is 0 Å². The minimum atomic E-state index is -0.422. The van der Waals surface area contributed by atoms with Crippen molar-refractivity contribution in [3.63, 3.8) is 0 Å². The normalized spacial score (nSPS) is 10.3. The summed E-state index contributed by atoms with van der Waals surface area (Å²) in [6, 6.07) is 4.44. The lowest BCUT2D eigenvalue weighted by Crippen LogP contribution is -2.01. The molecule has 0 saturated heterocycles. The molecule has 0 aliphatic rings. The van der Waals surface area contributed by atoms with Crippen molar-refractivity contribution in [3.8, 4) is 5.82 Å². The van der Waals surface area contributed by atoms with Crippen molar-refractivity contribution >= 4 is 15.9 Å². The molecule has 2 aromatic rings. The molecule has 0 atom stereocenters. The third-order valence-electron chi connectivity index (χ3n) is 1.44. The SMILES string of the molecule is Fc1cccnc1-n1[c]cc(Br)n1. The van der Waals surface area contributed by atoms with Crippen molar-refractivity contribution < 1.29 is 4.39 Å². The highest BCUT2D eigenvalue weighted by Gasteiger charge is 2.05. The number of nitrogens with zero attached hydrogens (tertiary/aromatic N) is 3. The van der Waals surface area contributed by atoms with Crippen LogP contribution in [0, 0.1) is 12.0 Å². The summed E-state index contributed by atoms with van der Waals surface area (Å²) >= 11 is 3.14. The number of hydrogen-bond donors (Lipinski definition) is 0. The molecular weight excluding hydrogens is 237 g/mol. The lowest BCUT2D eigenvalue weighted by molar-refractivity contribution is 0.599. The maximum absolute atomic E-state index is 13.1. The molecule has 0 amide bonds. The van der Waals surface area contributed by atoms with Crippen molar-refractivity contribution in [2.45, 2.75) is 0 Å². The summed E-state index contributed by atoms with van der Waals surface area (Å²) in [5, 5.41) is 3.92. The molecule has 0 unspecified atom stereocenters. The fourth-order valence-electron chi connectivity index (χ4n) is 0.909. The van der Waals surface area contributed by atoms with Crippen LogP contribution < -0.4 is 0 Å². The highest BCUT2D eigenvalue weighted by Crippen LogP contribution is 2.10. The molecule has 13 heavy (non-hydrogen) atoms. The summed E-state index contributed by atoms with van der Waals surface area (Å²) < 4.78 is 15.0. The van der Waals surface area contributed by atoms with E-state index in [4.69, 9.17) is 0 Å². The van der Waals surface area contributed by atoms with Crippen LogP contribution in [0.3, 0.4) is 0 Å². The third-order valence-corrected chi connectivity index (χ3v) is 1.83. The number of halogens is 2. The number of rotatable bonds is 1. The Hall–Kier alpha value is -1.23. The van der Waals surface area contributed by atoms with E-state index in [0.717, 1.165) is 0 Å². The summed E-state index contributed by atoms with van der Waals surface area (Å²) in [6.07, 6.45) is 4.22. The van der Waals surface area contributed by atoms with Crippen molar-refractivity contribution in [2.75, 3.05) is 0 Å². The van der Waals surface area contributed by atoms with Gasteiger partial charge in [-0.25, -0.2) is 14.1 Å². The first kappa shape index (κ1) is 8.37. The van der Waals surface area contributed by atoms with Gasteiger partial charge >= 0.3 is 0 Å². The average molecular weight is 241 g/mol. The van der Waals surface area contributed by atoms with E-state index < -0.39 is 5.82 Å². The van der Waals surface area contributed by atoms with E-state index in [-0.39, 0.29) is 5.82 Å². The fraction of sp³-hybridized carbons (Fsp3) is 0. The van der Waals surface area contributed by atoms with E-state index in [1.807, 2.05) is 0 Å². The predicted molar refractivity (Wildman–Crippen MR) is 47.9 cm³/mol. The summed E-state index contributed by atoms with van der Waals surface area (Å²) in [5.74, 6) is -0.275. The molecule has 0 aliphatic heterocycles. The molecule has 0 aromatic carbocycles. The van der Waals surface area contributed by atoms with E-state index >= 15 is 0 Å². The average Bonchev–Trinajstić information content (AvgIpc) is 2.53. The Morgan fingerprint density at radius 1 is 1.54 bits per heavy atom. The molecule has 0 spiro atoms. The predicted octanol–water partition coefficient (Wildman–Crippen LogP) is 1.97. The molecular formula is C8H4BrFN3. The summed E-state index contributed by atoms with van der Waals surface area (Å²) in [6.45, 7) is 0. The maximum atomic E-state index is 13.1. The van der Waals surface area contributed by atoms with Crippen molar-refractivity contribution in [2.24, 2.45) is 0 Å². The van der Waals surface area contributed by atoms with Crippen LogP contribution in [0.5, 0.6) is 0 Å². The van der Waals surface area contributed by atoms with Crippen LogP contribution >= 0.6 is 15.9 Å². The zero-order chi connectivity index (χ0) is 9.26. The van der Waals surface area contributed by atoms with Crippen LogP contribution in [0.25, 0.3) is 5.82 Å². The molecule has 1 radical (unpaired) electrons. The molecule has 2 aromatic heterocycles. The summed E-state index contributed by atoms with van der Waals surface area (Å²) in [5.41, 5.74) is 0. The minimum Gasteiger partial charge on any atom is -0.235 e. The van der Waals surface area contributed by atoms with E-state index in [9.17, 15) is 4.39 Å². The van der Waals surface area contributed by atoms with Crippen molar-refractivity contribution in [1.82, 2.24) is 14.8 Å². The Morgan fingerprint density at radius 3 is 3.00 bits per heavy atom. The smallest absolute Gasteiger partial charge is 0.190 e. The van der Waals surface area contributed by atoms with Gasteiger partial charge in [-0.2, -0.15) is 5.10 Å². The fourth-order valence-corrected chi connectivity index (χ4v) is 1.17. The molecule has 2 rings (SSSR count).